The van der Waals surface area contributed by atoms with Gasteiger partial charge in [-0.2, -0.15) is 0 Å². The lowest BCUT2D eigenvalue weighted by Crippen LogP contribution is -2.09. The molecule has 0 amide bonds. The van der Waals surface area contributed by atoms with Crippen molar-refractivity contribution in [2.75, 3.05) is 14.2 Å². The van der Waals surface area contributed by atoms with Crippen LogP contribution in [-0.2, 0) is 20.7 Å². The zero-order valence-electron chi connectivity index (χ0n) is 10.2. The molecule has 1 aliphatic rings. The molecule has 2 unspecified atom stereocenters. The molecule has 0 saturated carbocycles. The van der Waals surface area contributed by atoms with Crippen LogP contribution < -0.4 is 4.74 Å². The van der Waals surface area contributed by atoms with E-state index < -0.39 is 6.10 Å². The Morgan fingerprint density at radius 1 is 1.41 bits per heavy atom. The van der Waals surface area contributed by atoms with E-state index >= 15 is 0 Å². The molecule has 0 spiro atoms. The number of ether oxygens (including phenoxy) is 3. The Labute approximate surface area is 100 Å². The third-order valence-corrected chi connectivity index (χ3v) is 2.94. The van der Waals surface area contributed by atoms with Crippen LogP contribution in [0.15, 0.2) is 18.2 Å². The molecule has 1 aromatic rings. The third kappa shape index (κ3) is 2.26. The van der Waals surface area contributed by atoms with Gasteiger partial charge in [-0.15, -0.1) is 0 Å². The lowest BCUT2D eigenvalue weighted by atomic mass is 10.0. The predicted octanol–water partition coefficient (Wildman–Crippen LogP) is 1.87. The van der Waals surface area contributed by atoms with Crippen LogP contribution in [-0.4, -0.2) is 26.3 Å². The number of hydrogen-bond donors (Lipinski definition) is 0. The molecule has 92 valence electrons. The second kappa shape index (κ2) is 4.75. The van der Waals surface area contributed by atoms with E-state index in [1.165, 1.54) is 7.11 Å². The van der Waals surface area contributed by atoms with Crippen LogP contribution in [0, 0.1) is 0 Å². The van der Waals surface area contributed by atoms with Crippen LogP contribution in [0.5, 0.6) is 5.75 Å². The fraction of sp³-hybridized carbons (Fsp3) is 0.462. The Kier molecular flexibility index (Phi) is 3.33. The van der Waals surface area contributed by atoms with Crippen molar-refractivity contribution in [1.29, 1.82) is 0 Å². The molecule has 2 atom stereocenters. The Bertz CT molecular complexity index is 427. The zero-order chi connectivity index (χ0) is 12.4. The summed E-state index contributed by atoms with van der Waals surface area (Å²) in [5.74, 6) is 0.551. The highest BCUT2D eigenvalue weighted by molar-refractivity contribution is 5.78. The van der Waals surface area contributed by atoms with Crippen LogP contribution in [0.3, 0.4) is 0 Å². The summed E-state index contributed by atoms with van der Waals surface area (Å²) in [6.45, 7) is 2.06. The summed E-state index contributed by atoms with van der Waals surface area (Å²) < 4.78 is 15.2. The van der Waals surface area contributed by atoms with Crippen molar-refractivity contribution >= 4 is 5.97 Å². The number of methoxy groups -OCH3 is 2. The monoisotopic (exact) mass is 236 g/mol. The minimum atomic E-state index is -0.446. The molecule has 4 heteroatoms. The number of carbonyl (C=O) groups excluding carboxylic acids is 1. The predicted molar refractivity (Wildman–Crippen MR) is 62.0 cm³/mol. The molecule has 1 aromatic carbocycles. The maximum absolute atomic E-state index is 11.3. The van der Waals surface area contributed by atoms with E-state index in [9.17, 15) is 4.79 Å². The first-order chi connectivity index (χ1) is 8.21. The quantitative estimate of drug-likeness (QED) is 0.591. The minimum absolute atomic E-state index is 0.168. The SMILES string of the molecule is CCc1cc(C2OC2C(=O)OC)ccc1OC. The van der Waals surface area contributed by atoms with E-state index in [1.54, 1.807) is 7.11 Å². The van der Waals surface area contributed by atoms with Crippen molar-refractivity contribution in [3.8, 4) is 5.75 Å². The van der Waals surface area contributed by atoms with Crippen molar-refractivity contribution in [2.24, 2.45) is 0 Å². The first-order valence-electron chi connectivity index (χ1n) is 5.61. The third-order valence-electron chi connectivity index (χ3n) is 2.94. The fourth-order valence-electron chi connectivity index (χ4n) is 1.91. The number of aryl methyl sites for hydroxylation is 1. The van der Waals surface area contributed by atoms with Crippen molar-refractivity contribution < 1.29 is 19.0 Å². The Balaban J connectivity index is 2.16. The molecule has 4 nitrogen and oxygen atoms in total. The molecule has 2 rings (SSSR count). The molecule has 1 saturated heterocycles. The lowest BCUT2D eigenvalue weighted by molar-refractivity contribution is -0.142. The highest BCUT2D eigenvalue weighted by Gasteiger charge is 2.47. The summed E-state index contributed by atoms with van der Waals surface area (Å²) in [4.78, 5) is 11.3. The average molecular weight is 236 g/mol. The van der Waals surface area contributed by atoms with E-state index in [-0.39, 0.29) is 12.1 Å². The van der Waals surface area contributed by atoms with Crippen LogP contribution >= 0.6 is 0 Å². The summed E-state index contributed by atoms with van der Waals surface area (Å²) in [6.07, 6.45) is 0.267. The van der Waals surface area contributed by atoms with Gasteiger partial charge in [-0.1, -0.05) is 13.0 Å². The number of carbonyl (C=O) groups is 1. The maximum atomic E-state index is 11.3. The van der Waals surface area contributed by atoms with Gasteiger partial charge in [-0.3, -0.25) is 0 Å². The molecule has 1 aliphatic heterocycles. The van der Waals surface area contributed by atoms with Crippen molar-refractivity contribution in [3.05, 3.63) is 29.3 Å². The van der Waals surface area contributed by atoms with E-state index in [4.69, 9.17) is 9.47 Å². The van der Waals surface area contributed by atoms with Crippen LogP contribution in [0.25, 0.3) is 0 Å². The molecule has 0 bridgehead atoms. The van der Waals surface area contributed by atoms with Gasteiger partial charge in [0.2, 0.25) is 0 Å². The molecule has 0 N–H and O–H groups in total. The lowest BCUT2D eigenvalue weighted by Gasteiger charge is -2.07. The van der Waals surface area contributed by atoms with E-state index in [0.29, 0.717) is 0 Å². The van der Waals surface area contributed by atoms with Crippen LogP contribution in [0.4, 0.5) is 0 Å². The molecular formula is C13H16O4. The van der Waals surface area contributed by atoms with E-state index in [2.05, 4.69) is 11.7 Å². The minimum Gasteiger partial charge on any atom is -0.496 e. The second-order valence-corrected chi connectivity index (χ2v) is 3.93. The van der Waals surface area contributed by atoms with Gasteiger partial charge in [0.05, 0.1) is 14.2 Å². The number of hydrogen-bond acceptors (Lipinski definition) is 4. The number of esters is 1. The van der Waals surface area contributed by atoms with Gasteiger partial charge in [0.15, 0.2) is 6.10 Å². The Morgan fingerprint density at radius 2 is 2.18 bits per heavy atom. The molecule has 0 aliphatic carbocycles. The normalized spacial score (nSPS) is 22.1. The van der Waals surface area contributed by atoms with Crippen molar-refractivity contribution in [1.82, 2.24) is 0 Å². The van der Waals surface area contributed by atoms with Gasteiger partial charge < -0.3 is 14.2 Å². The first kappa shape index (κ1) is 11.9. The van der Waals surface area contributed by atoms with Gasteiger partial charge in [-0.25, -0.2) is 4.79 Å². The molecule has 0 radical (unpaired) electrons. The second-order valence-electron chi connectivity index (χ2n) is 3.93. The van der Waals surface area contributed by atoms with Gasteiger partial charge in [-0.05, 0) is 29.7 Å². The summed E-state index contributed by atoms with van der Waals surface area (Å²) in [7, 11) is 3.02. The zero-order valence-corrected chi connectivity index (χ0v) is 10.2. The first-order valence-corrected chi connectivity index (χ1v) is 5.61. The number of benzene rings is 1. The smallest absolute Gasteiger partial charge is 0.338 e. The van der Waals surface area contributed by atoms with Gasteiger partial charge in [0, 0.05) is 0 Å². The maximum Gasteiger partial charge on any atom is 0.338 e. The van der Waals surface area contributed by atoms with E-state index in [1.807, 2.05) is 18.2 Å². The molecule has 0 aromatic heterocycles. The van der Waals surface area contributed by atoms with E-state index in [0.717, 1.165) is 23.3 Å². The Morgan fingerprint density at radius 3 is 2.76 bits per heavy atom. The summed E-state index contributed by atoms with van der Waals surface area (Å²) >= 11 is 0. The fourth-order valence-corrected chi connectivity index (χ4v) is 1.91. The standard InChI is InChI=1S/C13H16O4/c1-4-8-7-9(5-6-10(8)15-2)11-12(17-11)13(14)16-3/h5-7,11-12H,4H2,1-3H3. The highest BCUT2D eigenvalue weighted by atomic mass is 16.6. The molecule has 1 heterocycles. The van der Waals surface area contributed by atoms with Crippen LogP contribution in [0.1, 0.15) is 24.2 Å². The topological polar surface area (TPSA) is 48.1 Å². The van der Waals surface area contributed by atoms with Crippen molar-refractivity contribution in [3.63, 3.8) is 0 Å². The summed E-state index contributed by atoms with van der Waals surface area (Å²) in [6, 6.07) is 5.85. The molecule has 1 fully saturated rings. The van der Waals surface area contributed by atoms with Gasteiger partial charge >= 0.3 is 5.97 Å². The number of epoxide rings is 1. The molecule has 17 heavy (non-hydrogen) atoms. The summed E-state index contributed by atoms with van der Waals surface area (Å²) in [5.41, 5.74) is 2.11. The average Bonchev–Trinajstić information content (AvgIpc) is 3.17. The van der Waals surface area contributed by atoms with Gasteiger partial charge in [0.25, 0.3) is 0 Å². The van der Waals surface area contributed by atoms with Crippen molar-refractivity contribution in [2.45, 2.75) is 25.6 Å². The number of rotatable bonds is 4. The largest absolute Gasteiger partial charge is 0.496 e. The Hall–Kier alpha value is -1.55. The van der Waals surface area contributed by atoms with Crippen LogP contribution in [0.2, 0.25) is 0 Å². The summed E-state index contributed by atoms with van der Waals surface area (Å²) in [5, 5.41) is 0. The van der Waals surface area contributed by atoms with Gasteiger partial charge in [0.1, 0.15) is 11.9 Å². The molecular weight excluding hydrogens is 220 g/mol. The highest BCUT2D eigenvalue weighted by Crippen LogP contribution is 2.40.